The van der Waals surface area contributed by atoms with Crippen LogP contribution in [0.1, 0.15) is 0 Å². The maximum atomic E-state index is 4.19. The van der Waals surface area contributed by atoms with Crippen molar-refractivity contribution in [2.24, 2.45) is 0 Å². The Morgan fingerprint density at radius 1 is 0.231 bits per heavy atom. The molecule has 6 aromatic rings. The van der Waals surface area contributed by atoms with E-state index in [9.17, 15) is 0 Å². The third kappa shape index (κ3) is 11.6. The standard InChI is InChI=1S/3C10H8N2.3Ru/c3*1-3-7-11-9(5-1)10-6-2-4-8-12-10;;;/h3*1-8H;;;. The summed E-state index contributed by atoms with van der Waals surface area (Å²) in [4.78, 5) is 25.1. The Morgan fingerprint density at radius 2 is 0.385 bits per heavy atom. The van der Waals surface area contributed by atoms with Crippen molar-refractivity contribution < 1.29 is 58.4 Å². The van der Waals surface area contributed by atoms with Crippen molar-refractivity contribution in [3.05, 3.63) is 146 Å². The van der Waals surface area contributed by atoms with Gasteiger partial charge in [0.15, 0.2) is 0 Å². The first kappa shape index (κ1) is 33.8. The minimum Gasteiger partial charge on any atom is -0.255 e. The first-order chi connectivity index (χ1) is 17.9. The van der Waals surface area contributed by atoms with Crippen LogP contribution < -0.4 is 0 Å². The maximum Gasteiger partial charge on any atom is 0.0886 e. The molecule has 0 aliphatic heterocycles. The molecular formula is C30H24N6Ru3. The van der Waals surface area contributed by atoms with Crippen LogP contribution in [0.2, 0.25) is 0 Å². The van der Waals surface area contributed by atoms with Crippen LogP contribution in [0.4, 0.5) is 0 Å². The van der Waals surface area contributed by atoms with Gasteiger partial charge in [-0.3, -0.25) is 29.9 Å². The third-order valence-corrected chi connectivity index (χ3v) is 4.78. The zero-order valence-corrected chi connectivity index (χ0v) is 25.8. The van der Waals surface area contributed by atoms with E-state index < -0.39 is 0 Å². The molecule has 0 saturated heterocycles. The van der Waals surface area contributed by atoms with Gasteiger partial charge in [0.2, 0.25) is 0 Å². The fraction of sp³-hybridized carbons (Fsp3) is 0. The molecule has 6 rings (SSSR count). The number of aromatic nitrogens is 6. The molecule has 0 N–H and O–H groups in total. The molecule has 6 heterocycles. The minimum absolute atomic E-state index is 0. The van der Waals surface area contributed by atoms with Gasteiger partial charge in [0, 0.05) is 95.6 Å². The van der Waals surface area contributed by atoms with Crippen LogP contribution in [-0.2, 0) is 58.4 Å². The van der Waals surface area contributed by atoms with Crippen molar-refractivity contribution in [2.45, 2.75) is 0 Å². The van der Waals surface area contributed by atoms with Gasteiger partial charge in [0.1, 0.15) is 0 Å². The molecule has 0 spiro atoms. The van der Waals surface area contributed by atoms with Gasteiger partial charge in [-0.25, -0.2) is 0 Å². The summed E-state index contributed by atoms with van der Waals surface area (Å²) in [6.07, 6.45) is 10.6. The summed E-state index contributed by atoms with van der Waals surface area (Å²) >= 11 is 0. The Morgan fingerprint density at radius 3 is 0.487 bits per heavy atom. The minimum atomic E-state index is 0. The molecule has 0 aliphatic rings. The largest absolute Gasteiger partial charge is 0.255 e. The zero-order valence-electron chi connectivity index (χ0n) is 20.6. The molecule has 0 aliphatic carbocycles. The van der Waals surface area contributed by atoms with Crippen LogP contribution in [-0.4, -0.2) is 29.9 Å². The summed E-state index contributed by atoms with van der Waals surface area (Å²) < 4.78 is 0. The molecule has 0 aromatic carbocycles. The number of rotatable bonds is 3. The van der Waals surface area contributed by atoms with Gasteiger partial charge in [-0.15, -0.1) is 0 Å². The fourth-order valence-corrected chi connectivity index (χ4v) is 3.09. The van der Waals surface area contributed by atoms with Crippen LogP contribution in [0.5, 0.6) is 0 Å². The Labute approximate surface area is 267 Å². The number of pyridine rings is 6. The van der Waals surface area contributed by atoms with E-state index in [1.54, 1.807) is 37.2 Å². The van der Waals surface area contributed by atoms with Gasteiger partial charge >= 0.3 is 0 Å². The van der Waals surface area contributed by atoms with Crippen molar-refractivity contribution in [3.8, 4) is 34.2 Å². The molecule has 39 heavy (non-hydrogen) atoms. The first-order valence-electron chi connectivity index (χ1n) is 11.4. The summed E-state index contributed by atoms with van der Waals surface area (Å²) in [6.45, 7) is 0. The fourth-order valence-electron chi connectivity index (χ4n) is 3.09. The average Bonchev–Trinajstić information content (AvgIpc) is 3.01. The topological polar surface area (TPSA) is 77.3 Å². The van der Waals surface area contributed by atoms with Gasteiger partial charge < -0.3 is 0 Å². The monoisotopic (exact) mass is 774 g/mol. The predicted molar refractivity (Wildman–Crippen MR) is 142 cm³/mol. The Bertz CT molecular complexity index is 1110. The number of nitrogens with zero attached hydrogens (tertiary/aromatic N) is 6. The van der Waals surface area contributed by atoms with E-state index in [0.717, 1.165) is 34.2 Å². The molecule has 0 bridgehead atoms. The quantitative estimate of drug-likeness (QED) is 0.194. The van der Waals surface area contributed by atoms with E-state index in [1.165, 1.54) is 0 Å². The maximum absolute atomic E-state index is 4.19. The van der Waals surface area contributed by atoms with Gasteiger partial charge in [0.05, 0.1) is 34.2 Å². The second-order valence-corrected chi connectivity index (χ2v) is 7.29. The Hall–Kier alpha value is -3.23. The molecule has 0 radical (unpaired) electrons. The van der Waals surface area contributed by atoms with E-state index in [1.807, 2.05) is 109 Å². The molecule has 0 fully saturated rings. The van der Waals surface area contributed by atoms with Crippen molar-refractivity contribution >= 4 is 0 Å². The molecule has 0 unspecified atom stereocenters. The summed E-state index contributed by atoms with van der Waals surface area (Å²) in [5.74, 6) is 0. The SMILES string of the molecule is [Ru].[Ru].[Ru].c1ccc(-c2ccccn2)nc1.c1ccc(-c2ccccn2)nc1.c1ccc(-c2ccccn2)nc1. The molecule has 0 atom stereocenters. The van der Waals surface area contributed by atoms with E-state index in [4.69, 9.17) is 0 Å². The molecular weight excluding hydrogens is 748 g/mol. The van der Waals surface area contributed by atoms with Gasteiger partial charge in [-0.2, -0.15) is 0 Å². The van der Waals surface area contributed by atoms with Gasteiger partial charge in [-0.05, 0) is 72.8 Å². The van der Waals surface area contributed by atoms with Gasteiger partial charge in [-0.1, -0.05) is 36.4 Å². The second-order valence-electron chi connectivity index (χ2n) is 7.29. The second kappa shape index (κ2) is 19.8. The zero-order chi connectivity index (χ0) is 24.7. The van der Waals surface area contributed by atoms with Crippen molar-refractivity contribution in [3.63, 3.8) is 0 Å². The van der Waals surface area contributed by atoms with Crippen LogP contribution in [0, 0.1) is 0 Å². The predicted octanol–water partition coefficient (Wildman–Crippen LogP) is 6.42. The Kier molecular flexibility index (Phi) is 17.1. The summed E-state index contributed by atoms with van der Waals surface area (Å²) in [6, 6.07) is 34.8. The molecule has 0 amide bonds. The average molecular weight is 772 g/mol. The van der Waals surface area contributed by atoms with Crippen LogP contribution in [0.3, 0.4) is 0 Å². The van der Waals surface area contributed by atoms with Crippen molar-refractivity contribution in [1.29, 1.82) is 0 Å². The summed E-state index contributed by atoms with van der Waals surface area (Å²) in [5.41, 5.74) is 5.49. The van der Waals surface area contributed by atoms with Crippen molar-refractivity contribution in [1.82, 2.24) is 29.9 Å². The molecule has 6 aromatic heterocycles. The van der Waals surface area contributed by atoms with E-state index in [2.05, 4.69) is 29.9 Å². The van der Waals surface area contributed by atoms with Crippen LogP contribution >= 0.6 is 0 Å². The van der Waals surface area contributed by atoms with E-state index in [-0.39, 0.29) is 58.4 Å². The normalized spacial score (nSPS) is 8.92. The number of hydrogen-bond donors (Lipinski definition) is 0. The van der Waals surface area contributed by atoms with E-state index in [0.29, 0.717) is 0 Å². The van der Waals surface area contributed by atoms with Crippen LogP contribution in [0.15, 0.2) is 146 Å². The first-order valence-corrected chi connectivity index (χ1v) is 11.4. The molecule has 198 valence electrons. The molecule has 9 heteroatoms. The summed E-state index contributed by atoms with van der Waals surface area (Å²) in [5, 5.41) is 0. The van der Waals surface area contributed by atoms with Gasteiger partial charge in [0.25, 0.3) is 0 Å². The van der Waals surface area contributed by atoms with Crippen LogP contribution in [0.25, 0.3) is 34.2 Å². The Balaban J connectivity index is 0.000000282. The molecule has 6 nitrogen and oxygen atoms in total. The van der Waals surface area contributed by atoms with E-state index >= 15 is 0 Å². The third-order valence-electron chi connectivity index (χ3n) is 4.78. The molecule has 0 saturated carbocycles. The number of hydrogen-bond acceptors (Lipinski definition) is 6. The summed E-state index contributed by atoms with van der Waals surface area (Å²) in [7, 11) is 0. The van der Waals surface area contributed by atoms with Crippen molar-refractivity contribution in [2.75, 3.05) is 0 Å². The smallest absolute Gasteiger partial charge is 0.0886 e.